The minimum atomic E-state index is -0.939. The summed E-state index contributed by atoms with van der Waals surface area (Å²) in [6, 6.07) is 9.73. The van der Waals surface area contributed by atoms with Gasteiger partial charge in [0.25, 0.3) is 0 Å². The molecule has 3 heteroatoms. The first-order valence-corrected chi connectivity index (χ1v) is 6.86. The van der Waals surface area contributed by atoms with Gasteiger partial charge in [0.2, 0.25) is 0 Å². The normalized spacial score (nSPS) is 14.7. The Morgan fingerprint density at radius 2 is 1.89 bits per heavy atom. The SMILES string of the molecule is CCCCN(CC)CC(O)(CN)c1ccccc1. The van der Waals surface area contributed by atoms with Gasteiger partial charge in [-0.2, -0.15) is 0 Å². The second-order valence-corrected chi connectivity index (χ2v) is 4.82. The summed E-state index contributed by atoms with van der Waals surface area (Å²) in [5.74, 6) is 0. The van der Waals surface area contributed by atoms with Crippen LogP contribution in [0.3, 0.4) is 0 Å². The summed E-state index contributed by atoms with van der Waals surface area (Å²) < 4.78 is 0. The van der Waals surface area contributed by atoms with E-state index in [0.717, 1.165) is 25.1 Å². The Bertz CT molecular complexity index is 329. The average Bonchev–Trinajstić information content (AvgIpc) is 2.44. The number of likely N-dealkylation sites (N-methyl/N-ethyl adjacent to an activating group) is 1. The minimum absolute atomic E-state index is 0.250. The summed E-state index contributed by atoms with van der Waals surface area (Å²) in [5.41, 5.74) is 5.76. The molecular weight excluding hydrogens is 224 g/mol. The van der Waals surface area contributed by atoms with Gasteiger partial charge in [0.05, 0.1) is 0 Å². The molecule has 1 aromatic carbocycles. The van der Waals surface area contributed by atoms with Crippen molar-refractivity contribution in [2.75, 3.05) is 26.2 Å². The van der Waals surface area contributed by atoms with Crippen LogP contribution in [-0.4, -0.2) is 36.2 Å². The van der Waals surface area contributed by atoms with Crippen molar-refractivity contribution in [3.63, 3.8) is 0 Å². The van der Waals surface area contributed by atoms with E-state index < -0.39 is 5.60 Å². The summed E-state index contributed by atoms with van der Waals surface area (Å²) in [4.78, 5) is 2.27. The van der Waals surface area contributed by atoms with Crippen molar-refractivity contribution in [2.24, 2.45) is 5.73 Å². The second kappa shape index (κ2) is 7.52. The maximum atomic E-state index is 10.7. The van der Waals surface area contributed by atoms with Gasteiger partial charge in [-0.25, -0.2) is 0 Å². The van der Waals surface area contributed by atoms with Crippen LogP contribution in [0.1, 0.15) is 32.3 Å². The number of nitrogens with zero attached hydrogens (tertiary/aromatic N) is 1. The van der Waals surface area contributed by atoms with E-state index in [-0.39, 0.29) is 6.54 Å². The van der Waals surface area contributed by atoms with Gasteiger partial charge in [0.15, 0.2) is 0 Å². The molecule has 1 atom stereocenters. The monoisotopic (exact) mass is 250 g/mol. The van der Waals surface area contributed by atoms with Gasteiger partial charge in [-0.15, -0.1) is 0 Å². The fourth-order valence-electron chi connectivity index (χ4n) is 2.12. The molecule has 0 fully saturated rings. The van der Waals surface area contributed by atoms with Crippen molar-refractivity contribution >= 4 is 0 Å². The molecule has 3 nitrogen and oxygen atoms in total. The van der Waals surface area contributed by atoms with Gasteiger partial charge >= 0.3 is 0 Å². The zero-order valence-electron chi connectivity index (χ0n) is 11.6. The minimum Gasteiger partial charge on any atom is -0.382 e. The molecule has 0 aliphatic rings. The molecule has 1 aromatic rings. The van der Waals surface area contributed by atoms with Crippen molar-refractivity contribution in [1.29, 1.82) is 0 Å². The zero-order chi connectivity index (χ0) is 13.4. The highest BCUT2D eigenvalue weighted by Gasteiger charge is 2.29. The number of benzene rings is 1. The Labute approximate surface area is 111 Å². The first kappa shape index (κ1) is 15.2. The standard InChI is InChI=1S/C15H26N2O/c1-3-5-11-17(4-2)13-15(18,12-16)14-9-7-6-8-10-14/h6-10,18H,3-5,11-13,16H2,1-2H3. The number of aliphatic hydroxyl groups is 1. The molecular formula is C15H26N2O. The second-order valence-electron chi connectivity index (χ2n) is 4.82. The van der Waals surface area contributed by atoms with Crippen molar-refractivity contribution in [2.45, 2.75) is 32.3 Å². The number of hydrogen-bond acceptors (Lipinski definition) is 3. The Balaban J connectivity index is 2.75. The van der Waals surface area contributed by atoms with Gasteiger partial charge in [-0.1, -0.05) is 50.6 Å². The maximum Gasteiger partial charge on any atom is 0.114 e. The molecule has 0 spiro atoms. The highest BCUT2D eigenvalue weighted by atomic mass is 16.3. The molecule has 0 heterocycles. The van der Waals surface area contributed by atoms with Crippen LogP contribution in [-0.2, 0) is 5.60 Å². The predicted molar refractivity (Wildman–Crippen MR) is 76.4 cm³/mol. The fourth-order valence-corrected chi connectivity index (χ4v) is 2.12. The summed E-state index contributed by atoms with van der Waals surface area (Å²) >= 11 is 0. The van der Waals surface area contributed by atoms with Crippen molar-refractivity contribution < 1.29 is 5.11 Å². The maximum absolute atomic E-state index is 10.7. The number of unbranched alkanes of at least 4 members (excludes halogenated alkanes) is 1. The quantitative estimate of drug-likeness (QED) is 0.741. The zero-order valence-corrected chi connectivity index (χ0v) is 11.6. The summed E-state index contributed by atoms with van der Waals surface area (Å²) in [7, 11) is 0. The molecule has 0 saturated carbocycles. The molecule has 1 rings (SSSR count). The molecule has 18 heavy (non-hydrogen) atoms. The highest BCUT2D eigenvalue weighted by Crippen LogP contribution is 2.21. The van der Waals surface area contributed by atoms with E-state index in [9.17, 15) is 5.11 Å². The lowest BCUT2D eigenvalue weighted by molar-refractivity contribution is 0.00780. The third-order valence-electron chi connectivity index (χ3n) is 3.41. The van der Waals surface area contributed by atoms with Gasteiger partial charge < -0.3 is 15.7 Å². The molecule has 0 radical (unpaired) electrons. The largest absolute Gasteiger partial charge is 0.382 e. The average molecular weight is 250 g/mol. The summed E-state index contributed by atoms with van der Waals surface area (Å²) in [6.07, 6.45) is 2.33. The molecule has 0 bridgehead atoms. The third-order valence-corrected chi connectivity index (χ3v) is 3.41. The summed E-state index contributed by atoms with van der Waals surface area (Å²) in [5, 5.41) is 10.7. The van der Waals surface area contributed by atoms with E-state index in [0.29, 0.717) is 6.54 Å². The van der Waals surface area contributed by atoms with Gasteiger partial charge in [0.1, 0.15) is 5.60 Å². The lowest BCUT2D eigenvalue weighted by Gasteiger charge is -2.33. The smallest absolute Gasteiger partial charge is 0.114 e. The van der Waals surface area contributed by atoms with Crippen LogP contribution in [0.25, 0.3) is 0 Å². The van der Waals surface area contributed by atoms with Crippen LogP contribution < -0.4 is 5.73 Å². The number of hydrogen-bond donors (Lipinski definition) is 2. The van der Waals surface area contributed by atoms with E-state index in [1.165, 1.54) is 6.42 Å². The molecule has 0 aliphatic heterocycles. The van der Waals surface area contributed by atoms with Crippen molar-refractivity contribution in [1.82, 2.24) is 4.90 Å². The van der Waals surface area contributed by atoms with Crippen molar-refractivity contribution in [3.8, 4) is 0 Å². The molecule has 0 aliphatic carbocycles. The lowest BCUT2D eigenvalue weighted by Crippen LogP contribution is -2.46. The highest BCUT2D eigenvalue weighted by molar-refractivity contribution is 5.23. The fraction of sp³-hybridized carbons (Fsp3) is 0.600. The molecule has 102 valence electrons. The topological polar surface area (TPSA) is 49.5 Å². The first-order chi connectivity index (χ1) is 8.66. The van der Waals surface area contributed by atoms with Crippen LogP contribution in [0, 0.1) is 0 Å². The van der Waals surface area contributed by atoms with Crippen molar-refractivity contribution in [3.05, 3.63) is 35.9 Å². The van der Waals surface area contributed by atoms with E-state index in [1.54, 1.807) is 0 Å². The molecule has 0 aromatic heterocycles. The van der Waals surface area contributed by atoms with Gasteiger partial charge in [-0.05, 0) is 25.1 Å². The Hall–Kier alpha value is -0.900. The van der Waals surface area contributed by atoms with E-state index >= 15 is 0 Å². The van der Waals surface area contributed by atoms with E-state index in [2.05, 4.69) is 18.7 Å². The van der Waals surface area contributed by atoms with E-state index in [4.69, 9.17) is 5.73 Å². The van der Waals surface area contributed by atoms with Crippen LogP contribution in [0.15, 0.2) is 30.3 Å². The summed E-state index contributed by atoms with van der Waals surface area (Å²) in [6.45, 7) is 7.11. The van der Waals surface area contributed by atoms with Gasteiger partial charge in [-0.3, -0.25) is 0 Å². The Morgan fingerprint density at radius 1 is 1.22 bits per heavy atom. The Morgan fingerprint density at radius 3 is 2.39 bits per heavy atom. The molecule has 0 saturated heterocycles. The van der Waals surface area contributed by atoms with Crippen LogP contribution >= 0.6 is 0 Å². The van der Waals surface area contributed by atoms with Crippen LogP contribution in [0.5, 0.6) is 0 Å². The van der Waals surface area contributed by atoms with Crippen LogP contribution in [0.4, 0.5) is 0 Å². The predicted octanol–water partition coefficient (Wildman–Crippen LogP) is 1.95. The molecule has 3 N–H and O–H groups in total. The third kappa shape index (κ3) is 4.09. The van der Waals surface area contributed by atoms with E-state index in [1.807, 2.05) is 30.3 Å². The first-order valence-electron chi connectivity index (χ1n) is 6.86. The lowest BCUT2D eigenvalue weighted by atomic mass is 9.93. The Kier molecular flexibility index (Phi) is 6.33. The van der Waals surface area contributed by atoms with Crippen LogP contribution in [0.2, 0.25) is 0 Å². The molecule has 0 amide bonds. The van der Waals surface area contributed by atoms with Gasteiger partial charge in [0, 0.05) is 13.1 Å². The molecule has 1 unspecified atom stereocenters. The number of nitrogens with two attached hydrogens (primary N) is 1. The number of rotatable bonds is 8.